The number of amides is 3. The van der Waals surface area contributed by atoms with Gasteiger partial charge in [-0.2, -0.15) is 0 Å². The van der Waals surface area contributed by atoms with Gasteiger partial charge in [0.1, 0.15) is 17.7 Å². The number of carbonyl (C=O) groups is 4. The van der Waals surface area contributed by atoms with Gasteiger partial charge in [0.2, 0.25) is 18.0 Å². The summed E-state index contributed by atoms with van der Waals surface area (Å²) in [5.74, 6) is -2.94. The van der Waals surface area contributed by atoms with Gasteiger partial charge < -0.3 is 25.6 Å². The maximum absolute atomic E-state index is 12.9. The summed E-state index contributed by atoms with van der Waals surface area (Å²) < 4.78 is 5.50. The number of nitrogens with one attached hydrogen (secondary N) is 2. The van der Waals surface area contributed by atoms with Crippen molar-refractivity contribution in [2.45, 2.75) is 50.7 Å². The van der Waals surface area contributed by atoms with Crippen LogP contribution in [-0.2, 0) is 19.1 Å². The number of aliphatic carboxylic acids is 1. The molecule has 4 atom stereocenters. The van der Waals surface area contributed by atoms with Gasteiger partial charge in [0, 0.05) is 4.43 Å². The first kappa shape index (κ1) is 23.9. The Morgan fingerprint density at radius 3 is 2.33 bits per heavy atom. The van der Waals surface area contributed by atoms with Crippen molar-refractivity contribution in [3.05, 3.63) is 35.9 Å². The summed E-state index contributed by atoms with van der Waals surface area (Å²) in [4.78, 5) is 49.3. The number of hydrogen-bond donors (Lipinski definition) is 4. The van der Waals surface area contributed by atoms with E-state index in [9.17, 15) is 24.3 Å². The van der Waals surface area contributed by atoms with Crippen LogP contribution in [0.4, 0.5) is 4.79 Å². The Morgan fingerprint density at radius 2 is 1.83 bits per heavy atom. The number of ether oxygens (including phenoxy) is 1. The maximum Gasteiger partial charge on any atom is 0.408 e. The van der Waals surface area contributed by atoms with Crippen LogP contribution < -0.4 is 10.6 Å². The van der Waals surface area contributed by atoms with E-state index in [1.54, 1.807) is 51.1 Å². The van der Waals surface area contributed by atoms with E-state index < -0.39 is 53.8 Å². The smallest absolute Gasteiger partial charge is 0.408 e. The Labute approximate surface area is 187 Å². The van der Waals surface area contributed by atoms with Crippen molar-refractivity contribution in [1.82, 2.24) is 15.5 Å². The molecule has 11 heteroatoms. The van der Waals surface area contributed by atoms with Gasteiger partial charge in [-0.15, -0.1) is 0 Å². The molecular weight excluding hydrogens is 509 g/mol. The Hall–Kier alpha value is -2.41. The molecule has 1 saturated heterocycles. The molecule has 0 aliphatic carbocycles. The van der Waals surface area contributed by atoms with E-state index >= 15 is 0 Å². The predicted molar refractivity (Wildman–Crippen MR) is 114 cm³/mol. The molecule has 0 spiro atoms. The number of β-lactam (4-membered cyclic amide) rings is 1. The standard InChI is InChI=1S/C19H24IN3O7/c1-19(2,3)30-18(29)22-12(10-7-5-4-6-8-10)14(24)21-13-11(9-20)23(15(13)25)16(26)17(27)28/h4-8,11-13,16,26H,9H2,1-3H3,(H,21,24)(H,22,29)(H,27,28)/t11-,12?,13+,16?/m1/s1. The van der Waals surface area contributed by atoms with Crippen LogP contribution in [0, 0.1) is 0 Å². The summed E-state index contributed by atoms with van der Waals surface area (Å²) in [6, 6.07) is 5.56. The second-order valence-corrected chi connectivity index (χ2v) is 8.54. The number of halogens is 1. The number of alkyl carbamates (subject to hydrolysis) is 1. The van der Waals surface area contributed by atoms with Crippen molar-refractivity contribution in [3.8, 4) is 0 Å². The van der Waals surface area contributed by atoms with Crippen LogP contribution in [0.1, 0.15) is 32.4 Å². The molecule has 3 amide bonds. The highest BCUT2D eigenvalue weighted by Gasteiger charge is 2.52. The third kappa shape index (κ3) is 5.59. The molecule has 0 saturated carbocycles. The van der Waals surface area contributed by atoms with E-state index in [1.165, 1.54) is 0 Å². The monoisotopic (exact) mass is 533 g/mol. The van der Waals surface area contributed by atoms with Gasteiger partial charge in [-0.1, -0.05) is 52.9 Å². The number of carboxylic acids is 1. The van der Waals surface area contributed by atoms with Gasteiger partial charge in [0.15, 0.2) is 0 Å². The molecule has 0 bridgehead atoms. The van der Waals surface area contributed by atoms with Crippen LogP contribution in [0.15, 0.2) is 30.3 Å². The maximum atomic E-state index is 12.9. The fourth-order valence-corrected chi connectivity index (χ4v) is 3.85. The number of carbonyl (C=O) groups excluding carboxylic acids is 3. The molecule has 2 rings (SSSR count). The molecule has 1 fully saturated rings. The van der Waals surface area contributed by atoms with E-state index in [0.717, 1.165) is 4.90 Å². The lowest BCUT2D eigenvalue weighted by molar-refractivity contribution is -0.182. The average Bonchev–Trinajstić information content (AvgIpc) is 2.66. The van der Waals surface area contributed by atoms with Crippen LogP contribution in [0.2, 0.25) is 0 Å². The van der Waals surface area contributed by atoms with Gasteiger partial charge >= 0.3 is 12.1 Å². The molecule has 164 valence electrons. The SMILES string of the molecule is CC(C)(C)OC(=O)NC(C(=O)N[C@@H]1C(=O)N(C(O)C(=O)O)[C@@H]1CI)c1ccccc1. The topological polar surface area (TPSA) is 145 Å². The second-order valence-electron chi connectivity index (χ2n) is 7.66. The molecule has 1 heterocycles. The molecule has 0 aromatic heterocycles. The van der Waals surface area contributed by atoms with Gasteiger partial charge in [-0.25, -0.2) is 9.59 Å². The highest BCUT2D eigenvalue weighted by atomic mass is 127. The quantitative estimate of drug-likeness (QED) is 0.230. The van der Waals surface area contributed by atoms with Crippen molar-refractivity contribution in [1.29, 1.82) is 0 Å². The third-order valence-electron chi connectivity index (χ3n) is 4.26. The largest absolute Gasteiger partial charge is 0.478 e. The predicted octanol–water partition coefficient (Wildman–Crippen LogP) is 0.786. The Balaban J connectivity index is 2.17. The number of alkyl halides is 1. The van der Waals surface area contributed by atoms with Gasteiger partial charge in [0.05, 0.1) is 6.04 Å². The van der Waals surface area contributed by atoms with Crippen molar-refractivity contribution in [3.63, 3.8) is 0 Å². The number of nitrogens with zero attached hydrogens (tertiary/aromatic N) is 1. The van der Waals surface area contributed by atoms with Crippen molar-refractivity contribution in [2.24, 2.45) is 0 Å². The van der Waals surface area contributed by atoms with Crippen LogP contribution in [0.5, 0.6) is 0 Å². The molecule has 2 unspecified atom stereocenters. The van der Waals surface area contributed by atoms with Crippen LogP contribution in [-0.4, -0.2) is 67.3 Å². The number of aliphatic hydroxyl groups excluding tert-OH is 1. The fourth-order valence-electron chi connectivity index (χ4n) is 2.92. The van der Waals surface area contributed by atoms with Crippen LogP contribution in [0.25, 0.3) is 0 Å². The number of likely N-dealkylation sites (tertiary alicyclic amines) is 1. The molecule has 4 N–H and O–H groups in total. The number of hydrogen-bond acceptors (Lipinski definition) is 6. The first-order valence-electron chi connectivity index (χ1n) is 9.10. The molecule has 1 aromatic carbocycles. The van der Waals surface area contributed by atoms with Gasteiger partial charge in [0.25, 0.3) is 0 Å². The minimum Gasteiger partial charge on any atom is -0.478 e. The Morgan fingerprint density at radius 1 is 1.23 bits per heavy atom. The van der Waals surface area contributed by atoms with E-state index in [1.807, 2.05) is 22.6 Å². The zero-order valence-electron chi connectivity index (χ0n) is 16.7. The Kier molecular flexibility index (Phi) is 7.64. The van der Waals surface area contributed by atoms with Crippen LogP contribution in [0.3, 0.4) is 0 Å². The Bertz CT molecular complexity index is 812. The van der Waals surface area contributed by atoms with Gasteiger partial charge in [-0.05, 0) is 26.3 Å². The molecular formula is C19H24IN3O7. The molecule has 1 aromatic rings. The summed E-state index contributed by atoms with van der Waals surface area (Å²) in [5, 5.41) is 23.7. The number of benzene rings is 1. The lowest BCUT2D eigenvalue weighted by Crippen LogP contribution is -2.75. The van der Waals surface area contributed by atoms with Crippen molar-refractivity contribution < 1.29 is 34.1 Å². The van der Waals surface area contributed by atoms with E-state index in [4.69, 9.17) is 9.84 Å². The summed E-state index contributed by atoms with van der Waals surface area (Å²) in [7, 11) is 0. The summed E-state index contributed by atoms with van der Waals surface area (Å²) in [6.07, 6.45) is -2.80. The first-order valence-corrected chi connectivity index (χ1v) is 10.6. The average molecular weight is 533 g/mol. The zero-order valence-corrected chi connectivity index (χ0v) is 18.8. The fraction of sp³-hybridized carbons (Fsp3) is 0.474. The first-order chi connectivity index (χ1) is 14.0. The van der Waals surface area contributed by atoms with Gasteiger partial charge in [-0.3, -0.25) is 14.5 Å². The lowest BCUT2D eigenvalue weighted by Gasteiger charge is -2.47. The summed E-state index contributed by atoms with van der Waals surface area (Å²) >= 11 is 1.93. The number of carboxylic acid groups (broad SMARTS) is 1. The number of rotatable bonds is 7. The van der Waals surface area contributed by atoms with Crippen molar-refractivity contribution in [2.75, 3.05) is 4.43 Å². The van der Waals surface area contributed by atoms with E-state index in [-0.39, 0.29) is 4.43 Å². The van der Waals surface area contributed by atoms with E-state index in [0.29, 0.717) is 5.56 Å². The molecule has 1 aliphatic heterocycles. The third-order valence-corrected chi connectivity index (χ3v) is 5.16. The molecule has 0 radical (unpaired) electrons. The lowest BCUT2D eigenvalue weighted by atomic mass is 9.95. The summed E-state index contributed by atoms with van der Waals surface area (Å²) in [6.45, 7) is 5.06. The second kappa shape index (κ2) is 9.60. The van der Waals surface area contributed by atoms with Crippen molar-refractivity contribution >= 4 is 46.5 Å². The van der Waals surface area contributed by atoms with Crippen LogP contribution >= 0.6 is 22.6 Å². The summed E-state index contributed by atoms with van der Waals surface area (Å²) in [5.41, 5.74) is -0.299. The highest BCUT2D eigenvalue weighted by Crippen LogP contribution is 2.25. The van der Waals surface area contributed by atoms with E-state index in [2.05, 4.69) is 10.6 Å². The molecule has 10 nitrogen and oxygen atoms in total. The minimum absolute atomic E-state index is 0.286. The number of aliphatic hydroxyl groups is 1. The highest BCUT2D eigenvalue weighted by molar-refractivity contribution is 14.1. The molecule has 30 heavy (non-hydrogen) atoms. The normalized spacial score (nSPS) is 20.6. The molecule has 1 aliphatic rings. The minimum atomic E-state index is -1.99. The zero-order chi connectivity index (χ0) is 22.6.